The SMILES string of the molecule is CCn1ncc(C(=O)C2C/C(=N\OC)c3c(C)ccc(C)c3S2(=O)=O)c1OS(=O)(=O)c1ccc(Cl)cc1. The highest BCUT2D eigenvalue weighted by molar-refractivity contribution is 7.93. The van der Waals surface area contributed by atoms with Gasteiger partial charge in [-0.1, -0.05) is 28.9 Å². The summed E-state index contributed by atoms with van der Waals surface area (Å²) in [7, 11) is -7.26. The van der Waals surface area contributed by atoms with E-state index >= 15 is 0 Å². The van der Waals surface area contributed by atoms with Gasteiger partial charge in [0.1, 0.15) is 22.8 Å². The third-order valence-electron chi connectivity index (χ3n) is 6.03. The quantitative estimate of drug-likeness (QED) is 0.240. The summed E-state index contributed by atoms with van der Waals surface area (Å²) in [5.74, 6) is -1.24. The van der Waals surface area contributed by atoms with E-state index in [0.29, 0.717) is 27.4 Å². The summed E-state index contributed by atoms with van der Waals surface area (Å²) in [6, 6.07) is 8.71. The van der Waals surface area contributed by atoms with Gasteiger partial charge in [-0.2, -0.15) is 13.5 Å². The molecule has 13 heteroatoms. The van der Waals surface area contributed by atoms with Crippen LogP contribution in [0, 0.1) is 13.8 Å². The standard InChI is InChI=1S/C24H24ClN3O7S2/c1-5-28-24(35-37(32,33)17-10-8-16(25)9-11-17)18(13-26-28)22(29)20-12-19(27-34-4)21-14(2)6-7-15(3)23(21)36(20,30)31/h6-11,13,20H,5,12H2,1-4H3/b27-19+. The molecular weight excluding hydrogens is 542 g/mol. The van der Waals surface area contributed by atoms with Gasteiger partial charge in [0.05, 0.1) is 16.8 Å². The molecule has 0 spiro atoms. The maximum atomic E-state index is 13.8. The van der Waals surface area contributed by atoms with Crippen molar-refractivity contribution in [1.29, 1.82) is 0 Å². The average Bonchev–Trinajstić information content (AvgIpc) is 3.24. The summed E-state index contributed by atoms with van der Waals surface area (Å²) in [5, 5.41) is 6.80. The molecule has 0 radical (unpaired) electrons. The van der Waals surface area contributed by atoms with Crippen LogP contribution in [0.4, 0.5) is 0 Å². The number of sulfone groups is 1. The number of ketones is 1. The van der Waals surface area contributed by atoms with Crippen LogP contribution in [0.2, 0.25) is 5.02 Å². The number of carbonyl (C=O) groups is 1. The first-order valence-corrected chi connectivity index (χ1v) is 14.5. The number of halogens is 1. The van der Waals surface area contributed by atoms with E-state index in [9.17, 15) is 21.6 Å². The molecule has 1 atom stereocenters. The number of hydrogen-bond donors (Lipinski definition) is 0. The van der Waals surface area contributed by atoms with Gasteiger partial charge < -0.3 is 9.02 Å². The molecule has 2 aromatic carbocycles. The van der Waals surface area contributed by atoms with E-state index in [0.717, 1.165) is 6.20 Å². The molecule has 4 rings (SSSR count). The Balaban J connectivity index is 1.82. The summed E-state index contributed by atoms with van der Waals surface area (Å²) >= 11 is 5.85. The van der Waals surface area contributed by atoms with Crippen molar-refractivity contribution in [2.45, 2.75) is 48.8 Å². The lowest BCUT2D eigenvalue weighted by molar-refractivity contribution is 0.0986. The largest absolute Gasteiger partial charge is 0.399 e. The van der Waals surface area contributed by atoms with Gasteiger partial charge in [0, 0.05) is 23.6 Å². The van der Waals surface area contributed by atoms with Crippen LogP contribution in [0.5, 0.6) is 5.88 Å². The number of Topliss-reactive ketones (excluding diaryl/α,β-unsaturated/α-hetero) is 1. The van der Waals surface area contributed by atoms with Crippen molar-refractivity contribution in [2.24, 2.45) is 5.16 Å². The fourth-order valence-corrected chi connectivity index (χ4v) is 7.48. The Morgan fingerprint density at radius 2 is 1.81 bits per heavy atom. The second kappa shape index (κ2) is 9.92. The van der Waals surface area contributed by atoms with Crippen LogP contribution < -0.4 is 4.18 Å². The van der Waals surface area contributed by atoms with Gasteiger partial charge in [-0.15, -0.1) is 0 Å². The van der Waals surface area contributed by atoms with Gasteiger partial charge in [0.2, 0.25) is 5.88 Å². The number of aromatic nitrogens is 2. The minimum atomic E-state index is -4.39. The number of aryl methyl sites for hydroxylation is 3. The normalized spacial score (nSPS) is 17.9. The van der Waals surface area contributed by atoms with E-state index in [1.54, 1.807) is 32.9 Å². The van der Waals surface area contributed by atoms with Gasteiger partial charge >= 0.3 is 10.1 Å². The van der Waals surface area contributed by atoms with Crippen molar-refractivity contribution in [2.75, 3.05) is 7.11 Å². The molecule has 0 N–H and O–H groups in total. The zero-order chi connectivity index (χ0) is 27.1. The summed E-state index contributed by atoms with van der Waals surface area (Å²) in [4.78, 5) is 18.5. The highest BCUT2D eigenvalue weighted by Gasteiger charge is 2.45. The predicted molar refractivity (Wildman–Crippen MR) is 137 cm³/mol. The maximum absolute atomic E-state index is 13.8. The Kier molecular flexibility index (Phi) is 7.19. The number of oxime groups is 1. The van der Waals surface area contributed by atoms with Gasteiger partial charge in [-0.25, -0.2) is 13.1 Å². The fourth-order valence-electron chi connectivity index (χ4n) is 4.25. The van der Waals surface area contributed by atoms with Crippen LogP contribution in [0.15, 0.2) is 57.5 Å². The summed E-state index contributed by atoms with van der Waals surface area (Å²) in [5.41, 5.74) is 1.54. The predicted octanol–water partition coefficient (Wildman–Crippen LogP) is 3.72. The first-order valence-electron chi connectivity index (χ1n) is 11.2. The zero-order valence-corrected chi connectivity index (χ0v) is 22.8. The van der Waals surface area contributed by atoms with Crippen LogP contribution in [0.3, 0.4) is 0 Å². The highest BCUT2D eigenvalue weighted by Crippen LogP contribution is 2.37. The first kappa shape index (κ1) is 26.8. The third-order valence-corrected chi connectivity index (χ3v) is 9.73. The molecule has 0 saturated carbocycles. The van der Waals surface area contributed by atoms with Crippen molar-refractivity contribution in [1.82, 2.24) is 9.78 Å². The summed E-state index contributed by atoms with van der Waals surface area (Å²) in [6.45, 7) is 5.22. The van der Waals surface area contributed by atoms with Crippen LogP contribution in [0.1, 0.15) is 40.4 Å². The molecule has 1 aliphatic rings. The van der Waals surface area contributed by atoms with Crippen molar-refractivity contribution in [3.05, 3.63) is 69.9 Å². The number of benzene rings is 2. The molecule has 2 heterocycles. The molecule has 0 amide bonds. The van der Waals surface area contributed by atoms with Gasteiger partial charge in [0.25, 0.3) is 0 Å². The fraction of sp³-hybridized carbons (Fsp3) is 0.292. The molecule has 37 heavy (non-hydrogen) atoms. The van der Waals surface area contributed by atoms with Crippen molar-refractivity contribution in [3.63, 3.8) is 0 Å². The van der Waals surface area contributed by atoms with E-state index in [4.69, 9.17) is 20.6 Å². The van der Waals surface area contributed by atoms with Crippen LogP contribution in [0.25, 0.3) is 0 Å². The first-order chi connectivity index (χ1) is 17.4. The molecule has 196 valence electrons. The van der Waals surface area contributed by atoms with Crippen LogP contribution in [-0.2, 0) is 31.3 Å². The van der Waals surface area contributed by atoms with Crippen molar-refractivity contribution < 1.29 is 30.7 Å². The second-order valence-electron chi connectivity index (χ2n) is 8.40. The van der Waals surface area contributed by atoms with Crippen molar-refractivity contribution in [3.8, 4) is 5.88 Å². The minimum absolute atomic E-state index is 0.00737. The van der Waals surface area contributed by atoms with Crippen molar-refractivity contribution >= 4 is 43.1 Å². The van der Waals surface area contributed by atoms with E-state index in [2.05, 4.69) is 10.3 Å². The lowest BCUT2D eigenvalue weighted by Crippen LogP contribution is -2.39. The topological polar surface area (TPSA) is 134 Å². The van der Waals surface area contributed by atoms with Gasteiger partial charge in [-0.3, -0.25) is 4.79 Å². The van der Waals surface area contributed by atoms with Gasteiger partial charge in [-0.05, 0) is 56.2 Å². The monoisotopic (exact) mass is 565 g/mol. The number of fused-ring (bicyclic) bond motifs is 1. The average molecular weight is 566 g/mol. The Labute approximate surface area is 219 Å². The van der Waals surface area contributed by atoms with E-state index in [1.807, 2.05) is 0 Å². The molecule has 10 nitrogen and oxygen atoms in total. The van der Waals surface area contributed by atoms with E-state index < -0.39 is 31.0 Å². The van der Waals surface area contributed by atoms with E-state index in [1.165, 1.54) is 36.1 Å². The lowest BCUT2D eigenvalue weighted by atomic mass is 9.95. The van der Waals surface area contributed by atoms with Crippen LogP contribution in [-0.4, -0.2) is 50.5 Å². The highest BCUT2D eigenvalue weighted by atomic mass is 35.5. The molecule has 0 aliphatic carbocycles. The minimum Gasteiger partial charge on any atom is -0.399 e. The Morgan fingerprint density at radius 1 is 1.16 bits per heavy atom. The maximum Gasteiger partial charge on any atom is 0.340 e. The lowest BCUT2D eigenvalue weighted by Gasteiger charge is -2.27. The Hall–Kier alpha value is -3.22. The summed E-state index contributed by atoms with van der Waals surface area (Å²) in [6.07, 6.45) is 0.840. The van der Waals surface area contributed by atoms with Crippen LogP contribution >= 0.6 is 11.6 Å². The number of carbonyl (C=O) groups excluding carboxylic acids is 1. The Bertz CT molecular complexity index is 1630. The zero-order valence-electron chi connectivity index (χ0n) is 20.4. The molecule has 1 unspecified atom stereocenters. The molecule has 0 saturated heterocycles. The number of rotatable bonds is 7. The molecule has 3 aromatic rings. The Morgan fingerprint density at radius 3 is 2.43 bits per heavy atom. The molecule has 1 aromatic heterocycles. The molecular formula is C24H24ClN3O7S2. The number of hydrogen-bond acceptors (Lipinski definition) is 9. The third kappa shape index (κ3) is 4.76. The number of nitrogens with zero attached hydrogens (tertiary/aromatic N) is 3. The van der Waals surface area contributed by atoms with E-state index in [-0.39, 0.29) is 34.2 Å². The second-order valence-corrected chi connectivity index (χ2v) is 12.4. The van der Waals surface area contributed by atoms with Gasteiger partial charge in [0.15, 0.2) is 15.6 Å². The molecule has 1 aliphatic heterocycles. The molecule has 0 fully saturated rings. The smallest absolute Gasteiger partial charge is 0.340 e. The molecule has 0 bridgehead atoms. The summed E-state index contributed by atoms with van der Waals surface area (Å²) < 4.78 is 60.0.